The fourth-order valence-electron chi connectivity index (χ4n) is 9.42. The van der Waals surface area contributed by atoms with Crippen molar-refractivity contribution in [2.45, 2.75) is 341 Å². The molecule has 4 nitrogen and oxygen atoms in total. The first kappa shape index (κ1) is 65.3. The summed E-state index contributed by atoms with van der Waals surface area (Å²) in [6, 6.07) is -0.621. The summed E-state index contributed by atoms with van der Waals surface area (Å²) in [5, 5.41) is 23.2. The van der Waals surface area contributed by atoms with Crippen LogP contribution in [0, 0.1) is 0 Å². The maximum absolute atomic E-state index is 12.5. The standard InChI is InChI=1S/C63H119NO3/c1-3-5-7-9-11-13-15-17-19-21-22-23-24-25-26-27-28-29-30-31-32-33-34-35-36-37-38-39-40-41-42-43-45-47-49-51-53-55-57-59-63(67)64-61(60-65)62(66)58-56-54-52-50-48-46-44-20-18-16-14-12-10-8-6-4-2/h15,17,21-22,24-25,56,58,61-62,65-66H,3-14,16,18-20,23,26-55,57,59-60H2,1-2H3,(H,64,67)/b17-15-,22-21-,25-24-,58-56+. The van der Waals surface area contributed by atoms with E-state index in [0.717, 1.165) is 38.5 Å². The highest BCUT2D eigenvalue weighted by Gasteiger charge is 2.18. The number of hydrogen-bond acceptors (Lipinski definition) is 3. The molecule has 0 aliphatic carbocycles. The van der Waals surface area contributed by atoms with Crippen LogP contribution < -0.4 is 5.32 Å². The number of carbonyl (C=O) groups is 1. The Morgan fingerprint density at radius 2 is 0.612 bits per heavy atom. The van der Waals surface area contributed by atoms with Crippen LogP contribution in [0.4, 0.5) is 0 Å². The molecule has 0 radical (unpaired) electrons. The Hall–Kier alpha value is -1.65. The minimum atomic E-state index is -0.838. The van der Waals surface area contributed by atoms with Gasteiger partial charge < -0.3 is 15.5 Å². The number of allylic oxidation sites excluding steroid dienone is 7. The number of rotatable bonds is 56. The van der Waals surface area contributed by atoms with E-state index in [1.54, 1.807) is 6.08 Å². The molecule has 394 valence electrons. The van der Waals surface area contributed by atoms with E-state index in [-0.39, 0.29) is 12.5 Å². The van der Waals surface area contributed by atoms with E-state index in [0.29, 0.717) is 6.42 Å². The molecule has 0 bridgehead atoms. The lowest BCUT2D eigenvalue weighted by molar-refractivity contribution is -0.123. The second kappa shape index (κ2) is 58.7. The Morgan fingerprint density at radius 3 is 0.910 bits per heavy atom. The Morgan fingerprint density at radius 1 is 0.358 bits per heavy atom. The number of aliphatic hydroxyl groups is 2. The monoisotopic (exact) mass is 938 g/mol. The molecule has 0 rings (SSSR count). The van der Waals surface area contributed by atoms with Crippen molar-refractivity contribution in [1.29, 1.82) is 0 Å². The molecule has 1 amide bonds. The van der Waals surface area contributed by atoms with Crippen LogP contribution in [-0.2, 0) is 4.79 Å². The van der Waals surface area contributed by atoms with E-state index in [4.69, 9.17) is 0 Å². The number of amides is 1. The van der Waals surface area contributed by atoms with Gasteiger partial charge in [0.15, 0.2) is 0 Å². The number of carbonyl (C=O) groups excluding carboxylic acids is 1. The second-order valence-corrected chi connectivity index (χ2v) is 20.8. The van der Waals surface area contributed by atoms with Crippen LogP contribution in [0.15, 0.2) is 48.6 Å². The highest BCUT2D eigenvalue weighted by atomic mass is 16.3. The maximum Gasteiger partial charge on any atom is 0.220 e. The first-order chi connectivity index (χ1) is 33.2. The van der Waals surface area contributed by atoms with Crippen LogP contribution in [0.1, 0.15) is 328 Å². The predicted molar refractivity (Wildman–Crippen MR) is 299 cm³/mol. The molecule has 0 fully saturated rings. The topological polar surface area (TPSA) is 69.6 Å². The molecule has 67 heavy (non-hydrogen) atoms. The minimum Gasteiger partial charge on any atom is -0.394 e. The maximum atomic E-state index is 12.5. The van der Waals surface area contributed by atoms with Crippen molar-refractivity contribution in [3.63, 3.8) is 0 Å². The van der Waals surface area contributed by atoms with Crippen LogP contribution >= 0.6 is 0 Å². The largest absolute Gasteiger partial charge is 0.394 e. The predicted octanol–water partition coefficient (Wildman–Crippen LogP) is 20.2. The van der Waals surface area contributed by atoms with Gasteiger partial charge in [0.05, 0.1) is 18.8 Å². The second-order valence-electron chi connectivity index (χ2n) is 20.8. The van der Waals surface area contributed by atoms with E-state index >= 15 is 0 Å². The van der Waals surface area contributed by atoms with E-state index in [9.17, 15) is 15.0 Å². The van der Waals surface area contributed by atoms with Gasteiger partial charge in [-0.05, 0) is 57.8 Å². The zero-order valence-electron chi connectivity index (χ0n) is 45.4. The van der Waals surface area contributed by atoms with Gasteiger partial charge in [-0.1, -0.05) is 313 Å². The van der Waals surface area contributed by atoms with E-state index in [1.165, 1.54) is 270 Å². The van der Waals surface area contributed by atoms with Gasteiger partial charge in [0.1, 0.15) is 0 Å². The molecule has 4 heteroatoms. The Labute approximate surface area is 420 Å². The van der Waals surface area contributed by atoms with Crippen LogP contribution in [0.25, 0.3) is 0 Å². The molecule has 0 aromatic heterocycles. The van der Waals surface area contributed by atoms with Gasteiger partial charge in [-0.2, -0.15) is 0 Å². The summed E-state index contributed by atoms with van der Waals surface area (Å²) in [5.41, 5.74) is 0. The summed E-state index contributed by atoms with van der Waals surface area (Å²) in [5.74, 6) is -0.0586. The smallest absolute Gasteiger partial charge is 0.220 e. The Balaban J connectivity index is 3.40. The first-order valence-corrected chi connectivity index (χ1v) is 30.4. The van der Waals surface area contributed by atoms with Gasteiger partial charge in [-0.3, -0.25) is 4.79 Å². The van der Waals surface area contributed by atoms with Crippen LogP contribution in [0.3, 0.4) is 0 Å². The fraction of sp³-hybridized carbons (Fsp3) is 0.857. The van der Waals surface area contributed by atoms with E-state index in [2.05, 4.69) is 55.6 Å². The third-order valence-corrected chi connectivity index (χ3v) is 14.1. The normalized spacial score (nSPS) is 13.1. The number of aliphatic hydroxyl groups excluding tert-OH is 2. The van der Waals surface area contributed by atoms with Crippen molar-refractivity contribution in [2.75, 3.05) is 6.61 Å². The highest BCUT2D eigenvalue weighted by molar-refractivity contribution is 5.76. The summed E-state index contributed by atoms with van der Waals surface area (Å²) in [6.45, 7) is 4.32. The van der Waals surface area contributed by atoms with Gasteiger partial charge in [-0.25, -0.2) is 0 Å². The van der Waals surface area contributed by atoms with Crippen LogP contribution in [0.5, 0.6) is 0 Å². The Kier molecular flexibility index (Phi) is 57.2. The molecule has 0 spiro atoms. The van der Waals surface area contributed by atoms with Crippen LogP contribution in [0.2, 0.25) is 0 Å². The molecule has 0 aliphatic rings. The van der Waals surface area contributed by atoms with Crippen molar-refractivity contribution in [3.05, 3.63) is 48.6 Å². The van der Waals surface area contributed by atoms with Crippen molar-refractivity contribution >= 4 is 5.91 Å². The molecule has 0 aliphatic heterocycles. The van der Waals surface area contributed by atoms with Gasteiger partial charge in [0.25, 0.3) is 0 Å². The summed E-state index contributed by atoms with van der Waals surface area (Å²) < 4.78 is 0. The quantitative estimate of drug-likeness (QED) is 0.0420. The number of nitrogens with one attached hydrogen (secondary N) is 1. The lowest BCUT2D eigenvalue weighted by Gasteiger charge is -2.20. The zero-order chi connectivity index (χ0) is 48.5. The molecule has 0 saturated heterocycles. The van der Waals surface area contributed by atoms with Crippen molar-refractivity contribution < 1.29 is 15.0 Å². The van der Waals surface area contributed by atoms with Gasteiger partial charge in [0, 0.05) is 6.42 Å². The van der Waals surface area contributed by atoms with Crippen molar-refractivity contribution in [3.8, 4) is 0 Å². The average Bonchev–Trinajstić information content (AvgIpc) is 3.33. The lowest BCUT2D eigenvalue weighted by atomic mass is 10.0. The molecule has 0 heterocycles. The summed E-state index contributed by atoms with van der Waals surface area (Å²) in [6.07, 6.45) is 81.6. The average molecular weight is 939 g/mol. The summed E-state index contributed by atoms with van der Waals surface area (Å²) >= 11 is 0. The highest BCUT2D eigenvalue weighted by Crippen LogP contribution is 2.18. The van der Waals surface area contributed by atoms with Crippen LogP contribution in [-0.4, -0.2) is 34.9 Å². The number of hydrogen-bond donors (Lipinski definition) is 3. The first-order valence-electron chi connectivity index (χ1n) is 30.4. The minimum absolute atomic E-state index is 0.0586. The number of unbranched alkanes of at least 4 members (excludes halogenated alkanes) is 43. The van der Waals surface area contributed by atoms with Gasteiger partial charge in [-0.15, -0.1) is 0 Å². The molecule has 2 atom stereocenters. The third kappa shape index (κ3) is 55.2. The summed E-state index contributed by atoms with van der Waals surface area (Å²) in [7, 11) is 0. The molecule has 0 aromatic rings. The SMILES string of the molecule is CCCCCCC/C=C\C/C=C\C/C=C\CCCCCCCCCCCCCCCCCCCCCCCCCCC(=O)NC(CO)C(O)/C=C/CCCCCCCCCCCCCCCC. The third-order valence-electron chi connectivity index (χ3n) is 14.1. The van der Waals surface area contributed by atoms with Crippen molar-refractivity contribution in [1.82, 2.24) is 5.32 Å². The Bertz CT molecular complexity index is 1060. The zero-order valence-corrected chi connectivity index (χ0v) is 45.4. The van der Waals surface area contributed by atoms with E-state index in [1.807, 2.05) is 6.08 Å². The molecule has 0 saturated carbocycles. The summed E-state index contributed by atoms with van der Waals surface area (Å²) in [4.78, 5) is 12.5. The molecule has 2 unspecified atom stereocenters. The van der Waals surface area contributed by atoms with E-state index < -0.39 is 12.1 Å². The molecule has 0 aromatic carbocycles. The fourth-order valence-corrected chi connectivity index (χ4v) is 9.42. The molecule has 3 N–H and O–H groups in total. The van der Waals surface area contributed by atoms with Gasteiger partial charge >= 0.3 is 0 Å². The van der Waals surface area contributed by atoms with Gasteiger partial charge in [0.2, 0.25) is 5.91 Å². The van der Waals surface area contributed by atoms with Crippen molar-refractivity contribution in [2.24, 2.45) is 0 Å². The lowest BCUT2D eigenvalue weighted by Crippen LogP contribution is -2.45. The molecular weight excluding hydrogens is 819 g/mol. The molecular formula is C63H119NO3.